The van der Waals surface area contributed by atoms with Crippen LogP contribution in [0.1, 0.15) is 25.7 Å². The number of halogens is 1. The summed E-state index contributed by atoms with van der Waals surface area (Å²) in [6, 6.07) is 13.5. The summed E-state index contributed by atoms with van der Waals surface area (Å²) in [7, 11) is -3.54. The second-order valence-corrected chi connectivity index (χ2v) is 8.41. The number of ether oxygens (including phenoxy) is 1. The number of nitrogens with one attached hydrogen (secondary N) is 1. The molecule has 1 aliphatic carbocycles. The van der Waals surface area contributed by atoms with E-state index in [1.165, 1.54) is 12.1 Å². The van der Waals surface area contributed by atoms with E-state index in [9.17, 15) is 8.42 Å². The Labute approximate surface area is 153 Å². The topological polar surface area (TPSA) is 81.4 Å². The van der Waals surface area contributed by atoms with Crippen molar-refractivity contribution < 1.29 is 13.2 Å². The van der Waals surface area contributed by atoms with Gasteiger partial charge < -0.3 is 10.5 Å². The minimum atomic E-state index is -3.54. The lowest BCUT2D eigenvalue weighted by atomic mass is 9.93. The molecule has 0 spiro atoms. The summed E-state index contributed by atoms with van der Waals surface area (Å²) >= 11 is 5.92. The van der Waals surface area contributed by atoms with Crippen molar-refractivity contribution in [2.75, 3.05) is 0 Å². The van der Waals surface area contributed by atoms with E-state index >= 15 is 0 Å². The number of sulfonamides is 1. The lowest BCUT2D eigenvalue weighted by molar-refractivity contribution is 0.373. The first-order chi connectivity index (χ1) is 11.9. The summed E-state index contributed by atoms with van der Waals surface area (Å²) in [6.07, 6.45) is 3.24. The SMILES string of the molecule is NC1CCC(NS(=O)(=O)c2ccc(Oc3cccc(Cl)c3)cc2)CC1. The normalized spacial score (nSPS) is 21.0. The zero-order valence-corrected chi connectivity index (χ0v) is 15.3. The van der Waals surface area contributed by atoms with Crippen molar-refractivity contribution in [3.8, 4) is 11.5 Å². The summed E-state index contributed by atoms with van der Waals surface area (Å²) in [5.74, 6) is 1.14. The number of hydrogen-bond donors (Lipinski definition) is 2. The quantitative estimate of drug-likeness (QED) is 0.828. The zero-order chi connectivity index (χ0) is 17.9. The van der Waals surface area contributed by atoms with Crippen molar-refractivity contribution >= 4 is 21.6 Å². The number of hydrogen-bond acceptors (Lipinski definition) is 4. The summed E-state index contributed by atoms with van der Waals surface area (Å²) in [6.45, 7) is 0. The Morgan fingerprint density at radius 2 is 1.68 bits per heavy atom. The van der Waals surface area contributed by atoms with E-state index in [1.807, 2.05) is 0 Å². The molecule has 1 saturated carbocycles. The Balaban J connectivity index is 1.66. The van der Waals surface area contributed by atoms with Crippen LogP contribution in [0.5, 0.6) is 11.5 Å². The maximum atomic E-state index is 12.5. The summed E-state index contributed by atoms with van der Waals surface area (Å²) < 4.78 is 33.4. The number of rotatable bonds is 5. The Morgan fingerprint density at radius 1 is 1.00 bits per heavy atom. The molecule has 0 atom stereocenters. The van der Waals surface area contributed by atoms with Crippen molar-refractivity contribution in [3.63, 3.8) is 0 Å². The van der Waals surface area contributed by atoms with Gasteiger partial charge in [-0.1, -0.05) is 17.7 Å². The maximum Gasteiger partial charge on any atom is 0.240 e. The molecule has 1 aliphatic rings. The van der Waals surface area contributed by atoms with Gasteiger partial charge in [0.1, 0.15) is 11.5 Å². The standard InChI is InChI=1S/C18H21ClN2O3S/c19-13-2-1-3-17(12-13)24-16-8-10-18(11-9-16)25(22,23)21-15-6-4-14(20)5-7-15/h1-3,8-12,14-15,21H,4-7,20H2. The van der Waals surface area contributed by atoms with Gasteiger partial charge in [-0.25, -0.2) is 13.1 Å². The van der Waals surface area contributed by atoms with Gasteiger partial charge in [-0.05, 0) is 68.1 Å². The molecule has 0 amide bonds. The van der Waals surface area contributed by atoms with Crippen LogP contribution in [-0.4, -0.2) is 20.5 Å². The van der Waals surface area contributed by atoms with Gasteiger partial charge in [0.05, 0.1) is 4.90 Å². The first-order valence-corrected chi connectivity index (χ1v) is 10.1. The fourth-order valence-electron chi connectivity index (χ4n) is 2.88. The van der Waals surface area contributed by atoms with E-state index < -0.39 is 10.0 Å². The van der Waals surface area contributed by atoms with Crippen LogP contribution in [0.25, 0.3) is 0 Å². The van der Waals surface area contributed by atoms with Gasteiger partial charge in [0.25, 0.3) is 0 Å². The van der Waals surface area contributed by atoms with E-state index in [1.54, 1.807) is 36.4 Å². The van der Waals surface area contributed by atoms with Gasteiger partial charge in [-0.3, -0.25) is 0 Å². The van der Waals surface area contributed by atoms with Crippen LogP contribution in [-0.2, 0) is 10.0 Å². The second-order valence-electron chi connectivity index (χ2n) is 6.26. The van der Waals surface area contributed by atoms with Crippen molar-refractivity contribution in [3.05, 3.63) is 53.6 Å². The Bertz CT molecular complexity index is 816. The van der Waals surface area contributed by atoms with Crippen molar-refractivity contribution in [2.45, 2.75) is 42.7 Å². The highest BCUT2D eigenvalue weighted by Crippen LogP contribution is 2.26. The third-order valence-electron chi connectivity index (χ3n) is 4.26. The Morgan fingerprint density at radius 3 is 2.32 bits per heavy atom. The van der Waals surface area contributed by atoms with E-state index in [-0.39, 0.29) is 17.0 Å². The molecule has 0 aliphatic heterocycles. The van der Waals surface area contributed by atoms with Crippen molar-refractivity contribution in [1.29, 1.82) is 0 Å². The maximum absolute atomic E-state index is 12.5. The van der Waals surface area contributed by atoms with Crippen LogP contribution in [0.2, 0.25) is 5.02 Å². The third kappa shape index (κ3) is 4.95. The Kier molecular flexibility index (Phi) is 5.64. The molecule has 134 valence electrons. The van der Waals surface area contributed by atoms with Gasteiger partial charge in [0.2, 0.25) is 10.0 Å². The van der Waals surface area contributed by atoms with Gasteiger partial charge in [0.15, 0.2) is 0 Å². The van der Waals surface area contributed by atoms with E-state index in [0.29, 0.717) is 16.5 Å². The summed E-state index contributed by atoms with van der Waals surface area (Å²) in [5.41, 5.74) is 5.86. The van der Waals surface area contributed by atoms with Crippen LogP contribution in [0.4, 0.5) is 0 Å². The molecule has 0 heterocycles. The van der Waals surface area contributed by atoms with Crippen LogP contribution in [0.15, 0.2) is 53.4 Å². The van der Waals surface area contributed by atoms with Gasteiger partial charge in [-0.15, -0.1) is 0 Å². The average molecular weight is 381 g/mol. The molecule has 0 radical (unpaired) electrons. The smallest absolute Gasteiger partial charge is 0.240 e. The average Bonchev–Trinajstić information content (AvgIpc) is 2.57. The summed E-state index contributed by atoms with van der Waals surface area (Å²) in [4.78, 5) is 0.223. The molecule has 5 nitrogen and oxygen atoms in total. The van der Waals surface area contributed by atoms with Gasteiger partial charge in [-0.2, -0.15) is 0 Å². The van der Waals surface area contributed by atoms with Gasteiger partial charge >= 0.3 is 0 Å². The highest BCUT2D eigenvalue weighted by molar-refractivity contribution is 7.89. The van der Waals surface area contributed by atoms with E-state index in [4.69, 9.17) is 22.1 Å². The molecule has 3 N–H and O–H groups in total. The highest BCUT2D eigenvalue weighted by Gasteiger charge is 2.24. The third-order valence-corrected chi connectivity index (χ3v) is 6.03. The molecule has 7 heteroatoms. The minimum absolute atomic E-state index is 0.0489. The fourth-order valence-corrected chi connectivity index (χ4v) is 4.36. The molecule has 1 fully saturated rings. The molecule has 2 aromatic carbocycles. The first kappa shape index (κ1) is 18.2. The van der Waals surface area contributed by atoms with Crippen LogP contribution >= 0.6 is 11.6 Å². The molecule has 3 rings (SSSR count). The predicted molar refractivity (Wildman–Crippen MR) is 98.5 cm³/mol. The van der Waals surface area contributed by atoms with Crippen LogP contribution < -0.4 is 15.2 Å². The Hall–Kier alpha value is -1.60. The van der Waals surface area contributed by atoms with Crippen LogP contribution in [0.3, 0.4) is 0 Å². The zero-order valence-electron chi connectivity index (χ0n) is 13.7. The number of benzene rings is 2. The van der Waals surface area contributed by atoms with Gasteiger partial charge in [0, 0.05) is 17.1 Å². The number of nitrogens with two attached hydrogens (primary N) is 1. The lowest BCUT2D eigenvalue weighted by Crippen LogP contribution is -2.40. The molecule has 0 unspecified atom stereocenters. The minimum Gasteiger partial charge on any atom is -0.457 e. The predicted octanol–water partition coefficient (Wildman–Crippen LogP) is 3.68. The largest absolute Gasteiger partial charge is 0.457 e. The summed E-state index contributed by atoms with van der Waals surface area (Å²) in [5, 5.41) is 0.577. The van der Waals surface area contributed by atoms with Crippen molar-refractivity contribution in [1.82, 2.24) is 4.72 Å². The van der Waals surface area contributed by atoms with Crippen molar-refractivity contribution in [2.24, 2.45) is 5.73 Å². The van der Waals surface area contributed by atoms with E-state index in [0.717, 1.165) is 25.7 Å². The molecule has 0 aromatic heterocycles. The fraction of sp³-hybridized carbons (Fsp3) is 0.333. The van der Waals surface area contributed by atoms with Crippen LogP contribution in [0, 0.1) is 0 Å². The molecule has 25 heavy (non-hydrogen) atoms. The monoisotopic (exact) mass is 380 g/mol. The highest BCUT2D eigenvalue weighted by atomic mass is 35.5. The lowest BCUT2D eigenvalue weighted by Gasteiger charge is -2.26. The first-order valence-electron chi connectivity index (χ1n) is 8.24. The van der Waals surface area contributed by atoms with E-state index in [2.05, 4.69) is 4.72 Å². The molecular weight excluding hydrogens is 360 g/mol. The molecule has 0 saturated heterocycles. The second kappa shape index (κ2) is 7.74. The molecule has 2 aromatic rings. The molecular formula is C18H21ClN2O3S. The molecule has 0 bridgehead atoms.